The van der Waals surface area contributed by atoms with Gasteiger partial charge in [-0.2, -0.15) is 5.26 Å². The zero-order valence-corrected chi connectivity index (χ0v) is 13.3. The van der Waals surface area contributed by atoms with Gasteiger partial charge >= 0.3 is 0 Å². The molecule has 0 radical (unpaired) electrons. The number of ether oxygens (including phenoxy) is 1. The van der Waals surface area contributed by atoms with Crippen molar-refractivity contribution in [3.63, 3.8) is 0 Å². The Kier molecular flexibility index (Phi) is 4.00. The molecule has 0 saturated carbocycles. The summed E-state index contributed by atoms with van der Waals surface area (Å²) < 4.78 is 6.70. The Bertz CT molecular complexity index is 742. The van der Waals surface area contributed by atoms with Gasteiger partial charge < -0.3 is 10.1 Å². The molecule has 3 rings (SSSR count). The van der Waals surface area contributed by atoms with E-state index in [4.69, 9.17) is 21.6 Å². The number of aromatic nitrogens is 1. The number of nitriles is 1. The molecule has 0 amide bonds. The summed E-state index contributed by atoms with van der Waals surface area (Å²) in [7, 11) is 0. The SMILES string of the molecule is N#Cc1ccnc(NCc2cc(Br)cc3c2OCC3)c1Cl. The van der Waals surface area contributed by atoms with Crippen LogP contribution in [0.4, 0.5) is 5.82 Å². The quantitative estimate of drug-likeness (QED) is 0.897. The Morgan fingerprint density at radius 3 is 3.14 bits per heavy atom. The average Bonchev–Trinajstić information content (AvgIpc) is 2.94. The predicted molar refractivity (Wildman–Crippen MR) is 84.6 cm³/mol. The monoisotopic (exact) mass is 363 g/mol. The molecular weight excluding hydrogens is 354 g/mol. The predicted octanol–water partition coefficient (Wildman–Crippen LogP) is 3.92. The van der Waals surface area contributed by atoms with Crippen LogP contribution in [0.5, 0.6) is 5.75 Å². The first-order valence-electron chi connectivity index (χ1n) is 6.41. The standard InChI is InChI=1S/C15H11BrClN3O/c16-12-5-9-2-4-21-14(9)11(6-12)8-20-15-13(17)10(7-18)1-3-19-15/h1,3,5-6H,2,4,8H2,(H,19,20). The number of anilines is 1. The summed E-state index contributed by atoms with van der Waals surface area (Å²) in [6, 6.07) is 7.72. The largest absolute Gasteiger partial charge is 0.493 e. The highest BCUT2D eigenvalue weighted by atomic mass is 79.9. The number of pyridine rings is 1. The highest BCUT2D eigenvalue weighted by Crippen LogP contribution is 2.33. The van der Waals surface area contributed by atoms with Crippen LogP contribution in [0.25, 0.3) is 0 Å². The maximum absolute atomic E-state index is 8.98. The molecule has 4 nitrogen and oxygen atoms in total. The number of benzene rings is 1. The van der Waals surface area contributed by atoms with E-state index in [1.807, 2.05) is 12.1 Å². The number of nitrogens with zero attached hydrogens (tertiary/aromatic N) is 2. The molecule has 2 heterocycles. The fraction of sp³-hybridized carbons (Fsp3) is 0.200. The van der Waals surface area contributed by atoms with E-state index in [9.17, 15) is 0 Å². The van der Waals surface area contributed by atoms with Gasteiger partial charge in [0.25, 0.3) is 0 Å². The number of hydrogen-bond donors (Lipinski definition) is 1. The summed E-state index contributed by atoms with van der Waals surface area (Å²) in [4.78, 5) is 4.17. The first-order chi connectivity index (χ1) is 10.2. The maximum Gasteiger partial charge on any atom is 0.146 e. The molecule has 0 bridgehead atoms. The molecule has 0 unspecified atom stereocenters. The molecule has 2 aromatic rings. The number of fused-ring (bicyclic) bond motifs is 1. The summed E-state index contributed by atoms with van der Waals surface area (Å²) in [5.41, 5.74) is 2.65. The number of halogens is 2. The van der Waals surface area contributed by atoms with Crippen LogP contribution in [0.15, 0.2) is 28.9 Å². The number of rotatable bonds is 3. The molecule has 1 N–H and O–H groups in total. The van der Waals surface area contributed by atoms with Crippen molar-refractivity contribution in [2.45, 2.75) is 13.0 Å². The minimum absolute atomic E-state index is 0.340. The second-order valence-corrected chi connectivity index (χ2v) is 5.93. The second kappa shape index (κ2) is 5.92. The van der Waals surface area contributed by atoms with Crippen molar-refractivity contribution in [2.75, 3.05) is 11.9 Å². The van der Waals surface area contributed by atoms with E-state index in [1.54, 1.807) is 12.3 Å². The summed E-state index contributed by atoms with van der Waals surface area (Å²) >= 11 is 9.65. The van der Waals surface area contributed by atoms with Crippen LogP contribution in [-0.4, -0.2) is 11.6 Å². The first-order valence-corrected chi connectivity index (χ1v) is 7.58. The van der Waals surface area contributed by atoms with Crippen molar-refractivity contribution in [1.82, 2.24) is 4.98 Å². The smallest absolute Gasteiger partial charge is 0.146 e. The molecule has 6 heteroatoms. The van der Waals surface area contributed by atoms with Crippen LogP contribution in [0.3, 0.4) is 0 Å². The van der Waals surface area contributed by atoms with Gasteiger partial charge in [0.05, 0.1) is 12.2 Å². The zero-order chi connectivity index (χ0) is 14.8. The third-order valence-corrected chi connectivity index (χ3v) is 4.12. The normalized spacial score (nSPS) is 12.4. The first kappa shape index (κ1) is 14.2. The minimum Gasteiger partial charge on any atom is -0.493 e. The Morgan fingerprint density at radius 1 is 1.48 bits per heavy atom. The molecule has 106 valence electrons. The Morgan fingerprint density at radius 2 is 2.33 bits per heavy atom. The van der Waals surface area contributed by atoms with Crippen molar-refractivity contribution in [3.05, 3.63) is 50.6 Å². The van der Waals surface area contributed by atoms with Gasteiger partial charge in [0.1, 0.15) is 22.7 Å². The van der Waals surface area contributed by atoms with Gasteiger partial charge in [0, 0.05) is 29.2 Å². The Hall–Kier alpha value is -1.77. The third-order valence-electron chi connectivity index (χ3n) is 3.28. The van der Waals surface area contributed by atoms with Gasteiger partial charge in [-0.05, 0) is 23.8 Å². The van der Waals surface area contributed by atoms with Crippen molar-refractivity contribution in [1.29, 1.82) is 5.26 Å². The van der Waals surface area contributed by atoms with E-state index in [-0.39, 0.29) is 0 Å². The van der Waals surface area contributed by atoms with Crippen molar-refractivity contribution < 1.29 is 4.74 Å². The molecule has 1 aromatic carbocycles. The summed E-state index contributed by atoms with van der Waals surface area (Å²) in [6.45, 7) is 1.24. The fourth-order valence-electron chi connectivity index (χ4n) is 2.31. The Labute approximate surface area is 135 Å². The van der Waals surface area contributed by atoms with Gasteiger partial charge in [-0.25, -0.2) is 4.98 Å². The molecule has 21 heavy (non-hydrogen) atoms. The highest BCUT2D eigenvalue weighted by molar-refractivity contribution is 9.10. The van der Waals surface area contributed by atoms with Gasteiger partial charge in [0.15, 0.2) is 0 Å². The van der Waals surface area contributed by atoms with Crippen LogP contribution in [0, 0.1) is 11.3 Å². The van der Waals surface area contributed by atoms with Crippen LogP contribution in [-0.2, 0) is 13.0 Å². The average molecular weight is 365 g/mol. The third kappa shape index (κ3) is 2.82. The van der Waals surface area contributed by atoms with Crippen LogP contribution in [0.1, 0.15) is 16.7 Å². The van der Waals surface area contributed by atoms with Crippen LogP contribution < -0.4 is 10.1 Å². The summed E-state index contributed by atoms with van der Waals surface area (Å²) in [5.74, 6) is 1.43. The fourth-order valence-corrected chi connectivity index (χ4v) is 3.08. The molecular formula is C15H11BrClN3O. The minimum atomic E-state index is 0.340. The molecule has 1 aromatic heterocycles. The lowest BCUT2D eigenvalue weighted by Gasteiger charge is -2.12. The van der Waals surface area contributed by atoms with Crippen LogP contribution >= 0.6 is 27.5 Å². The van der Waals surface area contributed by atoms with Gasteiger partial charge in [0.2, 0.25) is 0 Å². The van der Waals surface area contributed by atoms with E-state index in [1.165, 1.54) is 5.56 Å². The van der Waals surface area contributed by atoms with Gasteiger partial charge in [-0.15, -0.1) is 0 Å². The van der Waals surface area contributed by atoms with Crippen LogP contribution in [0.2, 0.25) is 5.02 Å². The Balaban J connectivity index is 1.85. The molecule has 1 aliphatic rings. The molecule has 0 fully saturated rings. The molecule has 0 saturated heterocycles. The lowest BCUT2D eigenvalue weighted by Crippen LogP contribution is -2.04. The summed E-state index contributed by atoms with van der Waals surface area (Å²) in [5, 5.41) is 12.5. The molecule has 0 spiro atoms. The molecule has 1 aliphatic heterocycles. The molecule has 0 aliphatic carbocycles. The number of hydrogen-bond acceptors (Lipinski definition) is 4. The maximum atomic E-state index is 8.98. The lowest BCUT2D eigenvalue weighted by molar-refractivity contribution is 0.354. The van der Waals surface area contributed by atoms with Crippen molar-refractivity contribution in [2.24, 2.45) is 0 Å². The van der Waals surface area contributed by atoms with E-state index >= 15 is 0 Å². The van der Waals surface area contributed by atoms with Gasteiger partial charge in [-0.3, -0.25) is 0 Å². The van der Waals surface area contributed by atoms with E-state index in [0.717, 1.165) is 22.2 Å². The zero-order valence-electron chi connectivity index (χ0n) is 11.0. The van der Waals surface area contributed by atoms with E-state index in [2.05, 4.69) is 32.3 Å². The molecule has 0 atom stereocenters. The van der Waals surface area contributed by atoms with E-state index < -0.39 is 0 Å². The summed E-state index contributed by atoms with van der Waals surface area (Å²) in [6.07, 6.45) is 2.49. The highest BCUT2D eigenvalue weighted by Gasteiger charge is 2.17. The second-order valence-electron chi connectivity index (χ2n) is 4.64. The lowest BCUT2D eigenvalue weighted by atomic mass is 10.1. The topological polar surface area (TPSA) is 57.9 Å². The van der Waals surface area contributed by atoms with Gasteiger partial charge in [-0.1, -0.05) is 27.5 Å². The van der Waals surface area contributed by atoms with E-state index in [0.29, 0.717) is 29.6 Å². The number of nitrogens with one attached hydrogen (secondary N) is 1. The van der Waals surface area contributed by atoms with Crippen molar-refractivity contribution in [3.8, 4) is 11.8 Å². The van der Waals surface area contributed by atoms with Crippen molar-refractivity contribution >= 4 is 33.3 Å².